The molecule has 0 amide bonds. The minimum Gasteiger partial charge on any atom is -0.497 e. The lowest BCUT2D eigenvalue weighted by Gasteiger charge is -2.03. The molecular formula is C18H13ClN2O6. The maximum absolute atomic E-state index is 12.1. The van der Waals surface area contributed by atoms with Crippen molar-refractivity contribution in [3.8, 4) is 17.1 Å². The number of hydrogen-bond donors (Lipinski definition) is 0. The maximum Gasteiger partial charge on any atom is 0.338 e. The van der Waals surface area contributed by atoms with E-state index in [0.717, 1.165) is 11.6 Å². The molecular weight excluding hydrogens is 376 g/mol. The van der Waals surface area contributed by atoms with Crippen LogP contribution >= 0.6 is 11.6 Å². The van der Waals surface area contributed by atoms with E-state index < -0.39 is 10.9 Å². The third kappa shape index (κ3) is 4.24. The molecule has 0 atom stereocenters. The number of nitrogens with zero attached hydrogens (tertiary/aromatic N) is 2. The van der Waals surface area contributed by atoms with Crippen molar-refractivity contribution in [1.82, 2.24) is 5.16 Å². The van der Waals surface area contributed by atoms with Gasteiger partial charge in [0, 0.05) is 17.7 Å². The minimum absolute atomic E-state index is 0.0185. The van der Waals surface area contributed by atoms with Crippen molar-refractivity contribution in [2.24, 2.45) is 0 Å². The molecule has 0 saturated carbocycles. The van der Waals surface area contributed by atoms with Gasteiger partial charge in [0.1, 0.15) is 23.1 Å². The Morgan fingerprint density at radius 2 is 1.96 bits per heavy atom. The first kappa shape index (κ1) is 18.4. The van der Waals surface area contributed by atoms with E-state index in [1.54, 1.807) is 25.3 Å². The first-order valence-electron chi connectivity index (χ1n) is 7.69. The van der Waals surface area contributed by atoms with Crippen LogP contribution in [-0.2, 0) is 11.3 Å². The molecule has 0 spiro atoms. The van der Waals surface area contributed by atoms with Crippen LogP contribution in [-0.4, -0.2) is 23.2 Å². The van der Waals surface area contributed by atoms with Gasteiger partial charge in [0.15, 0.2) is 5.76 Å². The van der Waals surface area contributed by atoms with Crippen molar-refractivity contribution in [3.05, 3.63) is 74.9 Å². The zero-order valence-electron chi connectivity index (χ0n) is 14.0. The summed E-state index contributed by atoms with van der Waals surface area (Å²) in [6.07, 6.45) is 0. The summed E-state index contributed by atoms with van der Waals surface area (Å²) < 4.78 is 15.5. The molecule has 0 aliphatic rings. The number of ether oxygens (including phenoxy) is 2. The van der Waals surface area contributed by atoms with Crippen LogP contribution in [0.2, 0.25) is 5.02 Å². The summed E-state index contributed by atoms with van der Waals surface area (Å²) in [7, 11) is 1.57. The number of methoxy groups -OCH3 is 1. The van der Waals surface area contributed by atoms with Crippen LogP contribution in [0, 0.1) is 10.1 Å². The van der Waals surface area contributed by atoms with Gasteiger partial charge in [0.05, 0.1) is 17.6 Å². The summed E-state index contributed by atoms with van der Waals surface area (Å²) in [5.41, 5.74) is 0.839. The third-order valence-corrected chi connectivity index (χ3v) is 3.98. The molecule has 0 fully saturated rings. The van der Waals surface area contributed by atoms with Crippen LogP contribution in [0.4, 0.5) is 5.69 Å². The molecule has 3 aromatic rings. The van der Waals surface area contributed by atoms with E-state index in [1.165, 1.54) is 12.1 Å². The molecule has 0 aliphatic carbocycles. The number of rotatable bonds is 6. The van der Waals surface area contributed by atoms with Crippen LogP contribution in [0.15, 0.2) is 53.1 Å². The molecule has 27 heavy (non-hydrogen) atoms. The van der Waals surface area contributed by atoms with Gasteiger partial charge >= 0.3 is 5.97 Å². The Labute approximate surface area is 158 Å². The van der Waals surface area contributed by atoms with Crippen molar-refractivity contribution < 1.29 is 23.7 Å². The molecule has 0 aliphatic heterocycles. The third-order valence-electron chi connectivity index (χ3n) is 3.66. The zero-order valence-corrected chi connectivity index (χ0v) is 14.8. The largest absolute Gasteiger partial charge is 0.497 e. The molecule has 9 heteroatoms. The predicted molar refractivity (Wildman–Crippen MR) is 95.7 cm³/mol. The molecule has 3 rings (SSSR count). The van der Waals surface area contributed by atoms with Gasteiger partial charge in [-0.3, -0.25) is 10.1 Å². The second kappa shape index (κ2) is 7.88. The topological polar surface area (TPSA) is 105 Å². The Hall–Kier alpha value is -3.39. The second-order valence-corrected chi connectivity index (χ2v) is 5.82. The quantitative estimate of drug-likeness (QED) is 0.352. The van der Waals surface area contributed by atoms with Gasteiger partial charge in [0.25, 0.3) is 5.69 Å². The van der Waals surface area contributed by atoms with Gasteiger partial charge in [-0.15, -0.1) is 0 Å². The Balaban J connectivity index is 1.67. The fourth-order valence-corrected chi connectivity index (χ4v) is 2.46. The zero-order chi connectivity index (χ0) is 19.4. The van der Waals surface area contributed by atoms with E-state index in [2.05, 4.69) is 5.16 Å². The summed E-state index contributed by atoms with van der Waals surface area (Å²) in [4.78, 5) is 22.3. The Morgan fingerprint density at radius 1 is 1.22 bits per heavy atom. The summed E-state index contributed by atoms with van der Waals surface area (Å²) in [6.45, 7) is -0.144. The van der Waals surface area contributed by atoms with E-state index >= 15 is 0 Å². The van der Waals surface area contributed by atoms with Crippen LogP contribution in [0.1, 0.15) is 16.1 Å². The van der Waals surface area contributed by atoms with Gasteiger partial charge < -0.3 is 14.0 Å². The molecule has 0 unspecified atom stereocenters. The van der Waals surface area contributed by atoms with E-state index in [1.807, 2.05) is 12.1 Å². The molecule has 0 saturated heterocycles. The molecule has 0 bridgehead atoms. The number of benzene rings is 2. The number of esters is 1. The lowest BCUT2D eigenvalue weighted by molar-refractivity contribution is -0.384. The van der Waals surface area contributed by atoms with Crippen LogP contribution in [0.5, 0.6) is 5.75 Å². The van der Waals surface area contributed by atoms with Crippen molar-refractivity contribution >= 4 is 23.3 Å². The van der Waals surface area contributed by atoms with Crippen LogP contribution in [0.3, 0.4) is 0 Å². The van der Waals surface area contributed by atoms with E-state index in [0.29, 0.717) is 17.2 Å². The average Bonchev–Trinajstić information content (AvgIpc) is 3.15. The van der Waals surface area contributed by atoms with Gasteiger partial charge in [-0.2, -0.15) is 0 Å². The van der Waals surface area contributed by atoms with Crippen LogP contribution in [0.25, 0.3) is 11.3 Å². The summed E-state index contributed by atoms with van der Waals surface area (Å²) >= 11 is 5.72. The molecule has 1 aromatic heterocycles. The van der Waals surface area contributed by atoms with E-state index in [-0.39, 0.29) is 22.9 Å². The van der Waals surface area contributed by atoms with Crippen molar-refractivity contribution in [2.75, 3.05) is 7.11 Å². The highest BCUT2D eigenvalue weighted by Gasteiger charge is 2.18. The monoisotopic (exact) mass is 388 g/mol. The molecule has 0 radical (unpaired) electrons. The number of nitro benzene ring substituents is 1. The second-order valence-electron chi connectivity index (χ2n) is 5.41. The number of halogens is 1. The average molecular weight is 389 g/mol. The fourth-order valence-electron chi connectivity index (χ4n) is 2.27. The van der Waals surface area contributed by atoms with Crippen molar-refractivity contribution in [1.29, 1.82) is 0 Å². The molecule has 2 aromatic carbocycles. The number of nitro groups is 1. The van der Waals surface area contributed by atoms with Gasteiger partial charge in [0.2, 0.25) is 0 Å². The Kier molecular flexibility index (Phi) is 5.37. The SMILES string of the molecule is COc1ccc(-c2cc(COC(=O)c3ccc(Cl)c([N+](=O)[O-])c3)no2)cc1. The first-order chi connectivity index (χ1) is 13.0. The van der Waals surface area contributed by atoms with Crippen LogP contribution < -0.4 is 4.74 Å². The van der Waals surface area contributed by atoms with Crippen molar-refractivity contribution in [2.45, 2.75) is 6.61 Å². The standard InChI is InChI=1S/C18H13ClN2O6/c1-25-14-5-2-11(3-6-14)17-9-13(20-27-17)10-26-18(22)12-4-7-15(19)16(8-12)21(23)24/h2-9H,10H2,1H3. The van der Waals surface area contributed by atoms with E-state index in [4.69, 9.17) is 25.6 Å². The molecule has 0 N–H and O–H groups in total. The number of carbonyl (C=O) groups is 1. The lowest BCUT2D eigenvalue weighted by Crippen LogP contribution is -2.06. The summed E-state index contributed by atoms with van der Waals surface area (Å²) in [5.74, 6) is 0.485. The number of hydrogen-bond acceptors (Lipinski definition) is 7. The van der Waals surface area contributed by atoms with Gasteiger partial charge in [-0.25, -0.2) is 4.79 Å². The highest BCUT2D eigenvalue weighted by Crippen LogP contribution is 2.26. The normalized spacial score (nSPS) is 10.4. The smallest absolute Gasteiger partial charge is 0.338 e. The maximum atomic E-state index is 12.1. The van der Waals surface area contributed by atoms with Crippen molar-refractivity contribution in [3.63, 3.8) is 0 Å². The summed E-state index contributed by atoms with van der Waals surface area (Å²) in [6, 6.07) is 12.5. The first-order valence-corrected chi connectivity index (χ1v) is 8.07. The highest BCUT2D eigenvalue weighted by atomic mass is 35.5. The van der Waals surface area contributed by atoms with E-state index in [9.17, 15) is 14.9 Å². The lowest BCUT2D eigenvalue weighted by atomic mass is 10.1. The Morgan fingerprint density at radius 3 is 2.63 bits per heavy atom. The van der Waals surface area contributed by atoms with Gasteiger partial charge in [-0.05, 0) is 36.4 Å². The minimum atomic E-state index is -0.733. The summed E-state index contributed by atoms with van der Waals surface area (Å²) in [5, 5.41) is 14.7. The molecule has 8 nitrogen and oxygen atoms in total. The molecule has 138 valence electrons. The number of carbonyl (C=O) groups excluding carboxylic acids is 1. The predicted octanol–water partition coefficient (Wildman–Crippen LogP) is 4.27. The van der Waals surface area contributed by atoms with Gasteiger partial charge in [-0.1, -0.05) is 16.8 Å². The molecule has 1 heterocycles. The Bertz CT molecular complexity index is 984. The number of aromatic nitrogens is 1. The highest BCUT2D eigenvalue weighted by molar-refractivity contribution is 6.32. The fraction of sp³-hybridized carbons (Fsp3) is 0.111.